The van der Waals surface area contributed by atoms with Crippen LogP contribution in [-0.2, 0) is 14.0 Å². The molecule has 1 amide bonds. The molecule has 2 aliphatic heterocycles. The zero-order valence-electron chi connectivity index (χ0n) is 24.9. The predicted molar refractivity (Wildman–Crippen MR) is 159 cm³/mol. The number of fused-ring (bicyclic) bond motifs is 1. The molecule has 0 bridgehead atoms. The lowest BCUT2D eigenvalue weighted by atomic mass is 9.70. The summed E-state index contributed by atoms with van der Waals surface area (Å²) in [5.74, 6) is 0.0713. The summed E-state index contributed by atoms with van der Waals surface area (Å²) in [5.41, 5.74) is 3.17. The van der Waals surface area contributed by atoms with E-state index in [-0.39, 0.29) is 19.4 Å². The van der Waals surface area contributed by atoms with Crippen LogP contribution in [0.5, 0.6) is 5.75 Å². The van der Waals surface area contributed by atoms with E-state index in [1.54, 1.807) is 4.68 Å². The zero-order valence-corrected chi connectivity index (χ0v) is 24.9. The third-order valence-corrected chi connectivity index (χ3v) is 8.41. The van der Waals surface area contributed by atoms with Crippen LogP contribution in [0, 0.1) is 5.95 Å². The molecule has 3 heterocycles. The second-order valence-corrected chi connectivity index (χ2v) is 11.7. The van der Waals surface area contributed by atoms with Crippen LogP contribution in [0.25, 0.3) is 16.5 Å². The number of ether oxygens (including phenoxy) is 2. The highest BCUT2D eigenvalue weighted by Gasteiger charge is 2.52. The molecule has 2 saturated heterocycles. The molecule has 2 aromatic carbocycles. The van der Waals surface area contributed by atoms with Crippen LogP contribution < -0.4 is 10.1 Å². The summed E-state index contributed by atoms with van der Waals surface area (Å²) in [4.78, 5) is 10.7. The van der Waals surface area contributed by atoms with Crippen LogP contribution in [0.15, 0.2) is 47.9 Å². The van der Waals surface area contributed by atoms with E-state index in [2.05, 4.69) is 17.3 Å². The maximum absolute atomic E-state index is 15.3. The van der Waals surface area contributed by atoms with Gasteiger partial charge in [-0.05, 0) is 99.8 Å². The van der Waals surface area contributed by atoms with Gasteiger partial charge in [0.15, 0.2) is 6.23 Å². The van der Waals surface area contributed by atoms with Gasteiger partial charge < -0.3 is 29.2 Å². The van der Waals surface area contributed by atoms with Gasteiger partial charge in [-0.25, -0.2) is 9.48 Å². The average molecular weight is 579 g/mol. The highest BCUT2D eigenvalue weighted by Crippen LogP contribution is 2.42. The van der Waals surface area contributed by atoms with Crippen molar-refractivity contribution in [3.05, 3.63) is 65.0 Å². The third kappa shape index (κ3) is 6.04. The number of allylic oxidation sites excluding steroid dienone is 1. The molecule has 0 saturated carbocycles. The van der Waals surface area contributed by atoms with Crippen LogP contribution in [0.2, 0.25) is 0 Å². The Hall–Kier alpha value is -3.41. The van der Waals surface area contributed by atoms with Gasteiger partial charge in [-0.2, -0.15) is 4.39 Å². The molecule has 1 unspecified atom stereocenters. The summed E-state index contributed by atoms with van der Waals surface area (Å²) in [5, 5.41) is 15.7. The number of nitrogens with zero attached hydrogens (tertiary/aromatic N) is 2. The van der Waals surface area contributed by atoms with Crippen LogP contribution >= 0.6 is 0 Å². The lowest BCUT2D eigenvalue weighted by molar-refractivity contribution is -0.0375. The number of hydrogen-bond donors (Lipinski definition) is 2. The fourth-order valence-corrected chi connectivity index (χ4v) is 5.42. The van der Waals surface area contributed by atoms with Crippen molar-refractivity contribution in [2.45, 2.75) is 77.7 Å². The summed E-state index contributed by atoms with van der Waals surface area (Å²) in [7, 11) is -0.591. The van der Waals surface area contributed by atoms with Gasteiger partial charge in [0, 0.05) is 6.61 Å². The first kappa shape index (κ1) is 30.1. The van der Waals surface area contributed by atoms with Gasteiger partial charge in [0.25, 0.3) is 0 Å². The first-order valence-corrected chi connectivity index (χ1v) is 14.6. The SMILES string of the molecule is CCC(B1OC(C)(C)C(C)(C)O1)=C(c1ccc(OCCNC(=O)O)cc1)c1ccc2c(c1)c(F)nn2C1CCCCO1. The molecule has 42 heavy (non-hydrogen) atoms. The van der Waals surface area contributed by atoms with Crippen LogP contribution in [0.4, 0.5) is 9.18 Å². The summed E-state index contributed by atoms with van der Waals surface area (Å²) in [6.07, 6.45) is 2.08. The molecule has 3 aromatic rings. The van der Waals surface area contributed by atoms with E-state index in [1.165, 1.54) is 0 Å². The number of carboxylic acid groups (broad SMARTS) is 1. The summed E-state index contributed by atoms with van der Waals surface area (Å²) < 4.78 is 41.6. The van der Waals surface area contributed by atoms with E-state index >= 15 is 4.39 Å². The van der Waals surface area contributed by atoms with Crippen molar-refractivity contribution < 1.29 is 33.1 Å². The number of carbonyl (C=O) groups is 1. The molecule has 2 aliphatic rings. The second-order valence-electron chi connectivity index (χ2n) is 11.7. The molecule has 0 radical (unpaired) electrons. The number of amides is 1. The maximum Gasteiger partial charge on any atom is 0.491 e. The maximum atomic E-state index is 15.3. The highest BCUT2D eigenvalue weighted by molar-refractivity contribution is 6.56. The van der Waals surface area contributed by atoms with E-state index in [4.69, 9.17) is 23.9 Å². The minimum atomic E-state index is -1.09. The van der Waals surface area contributed by atoms with Crippen molar-refractivity contribution in [2.24, 2.45) is 0 Å². The van der Waals surface area contributed by atoms with Gasteiger partial charge in [-0.3, -0.25) is 0 Å². The number of benzene rings is 2. The number of halogens is 1. The van der Waals surface area contributed by atoms with Crippen LogP contribution in [0.3, 0.4) is 0 Å². The Balaban J connectivity index is 1.56. The Bertz CT molecular complexity index is 1450. The molecule has 1 atom stereocenters. The lowest BCUT2D eigenvalue weighted by Gasteiger charge is -2.32. The molecule has 2 fully saturated rings. The Morgan fingerprint density at radius 2 is 1.81 bits per heavy atom. The van der Waals surface area contributed by atoms with Crippen LogP contribution in [-0.4, -0.2) is 59.1 Å². The van der Waals surface area contributed by atoms with Crippen molar-refractivity contribution in [1.29, 1.82) is 0 Å². The quantitative estimate of drug-likeness (QED) is 0.225. The Kier molecular flexibility index (Phi) is 8.64. The average Bonchev–Trinajstić information content (AvgIpc) is 3.40. The van der Waals surface area contributed by atoms with Gasteiger partial charge in [0.1, 0.15) is 12.4 Å². The van der Waals surface area contributed by atoms with Crippen LogP contribution in [0.1, 0.15) is 77.7 Å². The fraction of sp³-hybridized carbons (Fsp3) is 0.484. The summed E-state index contributed by atoms with van der Waals surface area (Å²) in [6, 6.07) is 13.3. The van der Waals surface area contributed by atoms with E-state index in [1.807, 2.05) is 70.2 Å². The molecule has 9 nitrogen and oxygen atoms in total. The molecular weight excluding hydrogens is 540 g/mol. The number of rotatable bonds is 9. The minimum absolute atomic E-state index is 0.176. The van der Waals surface area contributed by atoms with E-state index in [0.717, 1.165) is 41.4 Å². The minimum Gasteiger partial charge on any atom is -0.492 e. The van der Waals surface area contributed by atoms with Crippen molar-refractivity contribution in [3.63, 3.8) is 0 Å². The van der Waals surface area contributed by atoms with Crippen molar-refractivity contribution in [2.75, 3.05) is 19.8 Å². The molecule has 11 heteroatoms. The topological polar surface area (TPSA) is 104 Å². The van der Waals surface area contributed by atoms with Gasteiger partial charge in [-0.1, -0.05) is 25.1 Å². The first-order chi connectivity index (χ1) is 20.0. The van der Waals surface area contributed by atoms with Crippen molar-refractivity contribution in [1.82, 2.24) is 15.1 Å². The Labute approximate surface area is 246 Å². The normalized spacial score (nSPS) is 20.4. The summed E-state index contributed by atoms with van der Waals surface area (Å²) in [6.45, 7) is 11.2. The smallest absolute Gasteiger partial charge is 0.491 e. The van der Waals surface area contributed by atoms with Crippen molar-refractivity contribution >= 4 is 29.7 Å². The molecule has 224 valence electrons. The van der Waals surface area contributed by atoms with E-state index in [9.17, 15) is 4.79 Å². The summed E-state index contributed by atoms with van der Waals surface area (Å²) >= 11 is 0. The van der Waals surface area contributed by atoms with Gasteiger partial charge in [0.2, 0.25) is 5.95 Å². The third-order valence-electron chi connectivity index (χ3n) is 8.41. The molecule has 1 aromatic heterocycles. The molecule has 5 rings (SSSR count). The molecular formula is C31H39BFN3O6. The highest BCUT2D eigenvalue weighted by atomic mass is 19.1. The first-order valence-electron chi connectivity index (χ1n) is 14.6. The number of nitrogens with one attached hydrogen (secondary N) is 1. The van der Waals surface area contributed by atoms with Gasteiger partial charge in [-0.15, -0.1) is 5.10 Å². The Morgan fingerprint density at radius 1 is 1.12 bits per heavy atom. The number of hydrogen-bond acceptors (Lipinski definition) is 6. The molecule has 0 spiro atoms. The van der Waals surface area contributed by atoms with Crippen molar-refractivity contribution in [3.8, 4) is 5.75 Å². The fourth-order valence-electron chi connectivity index (χ4n) is 5.42. The van der Waals surface area contributed by atoms with Gasteiger partial charge >= 0.3 is 13.2 Å². The monoisotopic (exact) mass is 579 g/mol. The number of aromatic nitrogens is 2. The second kappa shape index (κ2) is 12.1. The largest absolute Gasteiger partial charge is 0.492 e. The van der Waals surface area contributed by atoms with E-state index in [0.29, 0.717) is 29.7 Å². The van der Waals surface area contributed by atoms with E-state index < -0.39 is 30.4 Å². The molecule has 2 N–H and O–H groups in total. The predicted octanol–water partition coefficient (Wildman–Crippen LogP) is 6.36. The van der Waals surface area contributed by atoms with Gasteiger partial charge in [0.05, 0.1) is 28.6 Å². The molecule has 0 aliphatic carbocycles. The standard InChI is InChI=1S/C31H39BFN3O6/c1-6-24(32-41-30(2,3)31(4,5)42-32)27(20-10-13-22(14-11-20)39-18-16-34-29(37)38)21-12-15-25-23(19-21)28(33)35-36(25)26-9-7-8-17-40-26/h10-15,19,26,34H,6-9,16-18H2,1-5H3,(H,37,38). The lowest BCUT2D eigenvalue weighted by Crippen LogP contribution is -2.41. The Morgan fingerprint density at radius 3 is 2.43 bits per heavy atom. The zero-order chi connectivity index (χ0) is 30.1.